The van der Waals surface area contributed by atoms with Crippen LogP contribution in [0.2, 0.25) is 0 Å². The molecule has 1 atom stereocenters. The highest BCUT2D eigenvalue weighted by atomic mass is 127. The normalized spacial score (nSPS) is 23.1. The summed E-state index contributed by atoms with van der Waals surface area (Å²) >= 11 is 0. The van der Waals surface area contributed by atoms with E-state index in [-0.39, 0.29) is 29.6 Å². The lowest BCUT2D eigenvalue weighted by Gasteiger charge is -2.26. The third-order valence-corrected chi connectivity index (χ3v) is 7.44. The van der Waals surface area contributed by atoms with E-state index in [4.69, 9.17) is 4.74 Å². The first-order chi connectivity index (χ1) is 13.9. The van der Waals surface area contributed by atoms with Crippen LogP contribution in [-0.4, -0.2) is 57.1 Å². The van der Waals surface area contributed by atoms with Gasteiger partial charge in [-0.15, -0.1) is 24.0 Å². The minimum absolute atomic E-state index is 0. The van der Waals surface area contributed by atoms with Gasteiger partial charge in [0.15, 0.2) is 5.96 Å². The lowest BCUT2D eigenvalue weighted by atomic mass is 10.0. The summed E-state index contributed by atoms with van der Waals surface area (Å²) in [5, 5.41) is 6.60. The standard InChI is InChI=1S/C21H34N4O3S.HI/c1-3-22-20(24-17-21(2)11-8-14-28-21)23-16-18-9-7-10-19(15-18)29(26,27)25-12-5-4-6-13-25;/h7,9-10,15H,3-6,8,11-14,16-17H2,1-2H3,(H2,22,23,24);1H. The monoisotopic (exact) mass is 550 g/mol. The van der Waals surface area contributed by atoms with E-state index < -0.39 is 10.0 Å². The molecule has 1 aromatic carbocycles. The lowest BCUT2D eigenvalue weighted by molar-refractivity contribution is 0.0243. The molecule has 170 valence electrons. The number of ether oxygens (including phenoxy) is 1. The summed E-state index contributed by atoms with van der Waals surface area (Å²) in [5.74, 6) is 0.716. The Labute approximate surface area is 198 Å². The van der Waals surface area contributed by atoms with Crippen molar-refractivity contribution < 1.29 is 13.2 Å². The predicted molar refractivity (Wildman–Crippen MR) is 131 cm³/mol. The third-order valence-electron chi connectivity index (χ3n) is 5.55. The van der Waals surface area contributed by atoms with Gasteiger partial charge in [-0.25, -0.2) is 13.4 Å². The molecule has 2 aliphatic heterocycles. The maximum absolute atomic E-state index is 12.9. The van der Waals surface area contributed by atoms with E-state index in [2.05, 4.69) is 22.5 Å². The van der Waals surface area contributed by atoms with Crippen LogP contribution in [0.1, 0.15) is 51.5 Å². The van der Waals surface area contributed by atoms with Gasteiger partial charge >= 0.3 is 0 Å². The Hall–Kier alpha value is -0.910. The molecule has 2 N–H and O–H groups in total. The first-order valence-corrected chi connectivity index (χ1v) is 12.1. The molecule has 1 aromatic rings. The summed E-state index contributed by atoms with van der Waals surface area (Å²) in [7, 11) is -3.43. The van der Waals surface area contributed by atoms with Crippen LogP contribution in [0.5, 0.6) is 0 Å². The Morgan fingerprint density at radius 3 is 2.63 bits per heavy atom. The van der Waals surface area contributed by atoms with Crippen molar-refractivity contribution in [2.75, 3.05) is 32.8 Å². The Balaban J connectivity index is 0.00000320. The summed E-state index contributed by atoms with van der Waals surface area (Å²) in [4.78, 5) is 5.00. The molecule has 2 fully saturated rings. The number of rotatable bonds is 7. The first kappa shape index (κ1) is 25.4. The first-order valence-electron chi connectivity index (χ1n) is 10.7. The number of guanidine groups is 1. The number of sulfonamides is 1. The van der Waals surface area contributed by atoms with Gasteiger partial charge in [0.2, 0.25) is 10.0 Å². The van der Waals surface area contributed by atoms with Crippen LogP contribution in [0.25, 0.3) is 0 Å². The van der Waals surface area contributed by atoms with Crippen LogP contribution < -0.4 is 10.6 Å². The van der Waals surface area contributed by atoms with Gasteiger partial charge in [0.1, 0.15) is 0 Å². The fourth-order valence-corrected chi connectivity index (χ4v) is 5.41. The van der Waals surface area contributed by atoms with Gasteiger partial charge in [0.05, 0.1) is 17.0 Å². The molecule has 0 aromatic heterocycles. The van der Waals surface area contributed by atoms with Gasteiger partial charge in [-0.3, -0.25) is 0 Å². The number of piperidine rings is 1. The van der Waals surface area contributed by atoms with Gasteiger partial charge in [-0.05, 0) is 57.2 Å². The van der Waals surface area contributed by atoms with E-state index in [0.29, 0.717) is 37.0 Å². The molecule has 0 amide bonds. The lowest BCUT2D eigenvalue weighted by Crippen LogP contribution is -2.45. The molecule has 0 bridgehead atoms. The van der Waals surface area contributed by atoms with Crippen molar-refractivity contribution in [3.63, 3.8) is 0 Å². The minimum atomic E-state index is -3.43. The van der Waals surface area contributed by atoms with Crippen molar-refractivity contribution in [3.05, 3.63) is 29.8 Å². The Morgan fingerprint density at radius 2 is 1.97 bits per heavy atom. The van der Waals surface area contributed by atoms with Crippen molar-refractivity contribution in [3.8, 4) is 0 Å². The number of nitrogens with zero attached hydrogens (tertiary/aromatic N) is 2. The van der Waals surface area contributed by atoms with Crippen LogP contribution in [0, 0.1) is 0 Å². The van der Waals surface area contributed by atoms with E-state index in [1.54, 1.807) is 22.5 Å². The van der Waals surface area contributed by atoms with E-state index >= 15 is 0 Å². The highest BCUT2D eigenvalue weighted by molar-refractivity contribution is 14.0. The molecule has 0 spiro atoms. The van der Waals surface area contributed by atoms with Crippen molar-refractivity contribution in [1.29, 1.82) is 0 Å². The van der Waals surface area contributed by atoms with Crippen molar-refractivity contribution in [1.82, 2.24) is 14.9 Å². The number of nitrogens with one attached hydrogen (secondary N) is 2. The van der Waals surface area contributed by atoms with Crippen LogP contribution in [0.3, 0.4) is 0 Å². The van der Waals surface area contributed by atoms with Crippen LogP contribution in [0.4, 0.5) is 0 Å². The molecule has 2 aliphatic rings. The molecule has 2 heterocycles. The quantitative estimate of drug-likeness (QED) is 0.310. The predicted octanol–water partition coefficient (Wildman–Crippen LogP) is 3.10. The fraction of sp³-hybridized carbons (Fsp3) is 0.667. The van der Waals surface area contributed by atoms with Crippen LogP contribution in [0.15, 0.2) is 34.2 Å². The maximum atomic E-state index is 12.9. The van der Waals surface area contributed by atoms with Crippen LogP contribution in [-0.2, 0) is 21.3 Å². The molecular formula is C21H35IN4O3S. The zero-order chi connectivity index (χ0) is 20.7. The zero-order valence-corrected chi connectivity index (χ0v) is 21.2. The number of aliphatic imine (C=N–C) groups is 1. The molecule has 0 aliphatic carbocycles. The molecular weight excluding hydrogens is 515 g/mol. The summed E-state index contributed by atoms with van der Waals surface area (Å²) in [6, 6.07) is 7.15. The summed E-state index contributed by atoms with van der Waals surface area (Å²) in [6.07, 6.45) is 5.10. The highest BCUT2D eigenvalue weighted by Crippen LogP contribution is 2.24. The van der Waals surface area contributed by atoms with Gasteiger partial charge in [0.25, 0.3) is 0 Å². The molecule has 7 nitrogen and oxygen atoms in total. The topological polar surface area (TPSA) is 83.0 Å². The second kappa shape index (κ2) is 11.6. The second-order valence-electron chi connectivity index (χ2n) is 8.06. The number of benzene rings is 1. The average molecular weight is 551 g/mol. The zero-order valence-electron chi connectivity index (χ0n) is 18.0. The number of halogens is 1. The minimum Gasteiger partial charge on any atom is -0.373 e. The molecule has 1 unspecified atom stereocenters. The summed E-state index contributed by atoms with van der Waals surface area (Å²) < 4.78 is 33.3. The Kier molecular flexibility index (Phi) is 9.83. The van der Waals surface area contributed by atoms with Gasteiger partial charge in [-0.2, -0.15) is 4.31 Å². The van der Waals surface area contributed by atoms with E-state index in [1.807, 2.05) is 13.0 Å². The number of hydrogen-bond acceptors (Lipinski definition) is 4. The van der Waals surface area contributed by atoms with Gasteiger partial charge < -0.3 is 15.4 Å². The summed E-state index contributed by atoms with van der Waals surface area (Å²) in [5.41, 5.74) is 0.724. The summed E-state index contributed by atoms with van der Waals surface area (Å²) in [6.45, 7) is 8.04. The fourth-order valence-electron chi connectivity index (χ4n) is 3.82. The highest BCUT2D eigenvalue weighted by Gasteiger charge is 2.29. The van der Waals surface area contributed by atoms with E-state index in [0.717, 1.165) is 50.8 Å². The maximum Gasteiger partial charge on any atom is 0.243 e. The van der Waals surface area contributed by atoms with E-state index in [9.17, 15) is 8.42 Å². The Morgan fingerprint density at radius 1 is 1.20 bits per heavy atom. The molecule has 3 rings (SSSR count). The van der Waals surface area contributed by atoms with E-state index in [1.165, 1.54) is 0 Å². The van der Waals surface area contributed by atoms with Gasteiger partial charge in [0, 0.05) is 32.8 Å². The third kappa shape index (κ3) is 6.80. The smallest absolute Gasteiger partial charge is 0.243 e. The number of hydrogen-bond donors (Lipinski definition) is 2. The van der Waals surface area contributed by atoms with Crippen molar-refractivity contribution in [2.24, 2.45) is 4.99 Å². The largest absolute Gasteiger partial charge is 0.373 e. The molecule has 0 saturated carbocycles. The van der Waals surface area contributed by atoms with Crippen molar-refractivity contribution >= 4 is 40.0 Å². The molecule has 9 heteroatoms. The van der Waals surface area contributed by atoms with Gasteiger partial charge in [-0.1, -0.05) is 18.6 Å². The van der Waals surface area contributed by atoms with Crippen LogP contribution >= 0.6 is 24.0 Å². The molecule has 30 heavy (non-hydrogen) atoms. The average Bonchev–Trinajstić information content (AvgIpc) is 3.18. The second-order valence-corrected chi connectivity index (χ2v) is 10.0. The molecule has 0 radical (unpaired) electrons. The Bertz CT molecular complexity index is 804. The van der Waals surface area contributed by atoms with Crippen molar-refractivity contribution in [2.45, 2.75) is 63.0 Å². The SMILES string of the molecule is CCNC(=NCc1cccc(S(=O)(=O)N2CCCCC2)c1)NCC1(C)CCCO1.I. The molecule has 2 saturated heterocycles.